The zero-order valence-electron chi connectivity index (χ0n) is 9.99. The van der Waals surface area contributed by atoms with Gasteiger partial charge in [0.05, 0.1) is 5.69 Å². The number of carbonyl (C=O) groups is 1. The zero-order chi connectivity index (χ0) is 13.4. The third-order valence-electron chi connectivity index (χ3n) is 2.67. The molecule has 2 aromatic heterocycles. The number of rotatable bonds is 2. The lowest BCUT2D eigenvalue weighted by Crippen LogP contribution is -2.01. The lowest BCUT2D eigenvalue weighted by Gasteiger charge is -1.99. The number of aryl methyl sites for hydroxylation is 1. The highest BCUT2D eigenvalue weighted by atomic mass is 16.4. The maximum atomic E-state index is 10.7. The number of benzene rings is 1. The van der Waals surface area contributed by atoms with E-state index in [2.05, 4.69) is 15.2 Å². The lowest BCUT2D eigenvalue weighted by molar-refractivity contribution is 0.0689. The van der Waals surface area contributed by atoms with Crippen molar-refractivity contribution in [3.05, 3.63) is 41.9 Å². The highest BCUT2D eigenvalue weighted by Gasteiger charge is 2.08. The number of oxazole rings is 1. The summed E-state index contributed by atoms with van der Waals surface area (Å²) in [6.07, 6.45) is 0. The van der Waals surface area contributed by atoms with Crippen LogP contribution in [0.2, 0.25) is 0 Å². The first kappa shape index (κ1) is 11.3. The summed E-state index contributed by atoms with van der Waals surface area (Å²) in [5.74, 6) is -0.500. The van der Waals surface area contributed by atoms with Gasteiger partial charge in [0.1, 0.15) is 5.52 Å². The van der Waals surface area contributed by atoms with Crippen molar-refractivity contribution in [3.63, 3.8) is 0 Å². The minimum Gasteiger partial charge on any atom is -0.476 e. The summed E-state index contributed by atoms with van der Waals surface area (Å²) in [5.41, 5.74) is 2.74. The number of carboxylic acids is 1. The summed E-state index contributed by atoms with van der Waals surface area (Å²) in [6, 6.07) is 8.50. The summed E-state index contributed by atoms with van der Waals surface area (Å²) in [6.45, 7) is 1.78. The number of nitrogens with zero attached hydrogens (tertiary/aromatic N) is 3. The SMILES string of the molecule is Cc1nc2ccc(-c3ccc(C(=O)O)nn3)cc2o1. The second-order valence-corrected chi connectivity index (χ2v) is 4.02. The monoisotopic (exact) mass is 255 g/mol. The number of aromatic nitrogens is 3. The molecule has 6 nitrogen and oxygen atoms in total. The highest BCUT2D eigenvalue weighted by Crippen LogP contribution is 2.23. The molecule has 0 unspecified atom stereocenters. The van der Waals surface area contributed by atoms with Crippen molar-refractivity contribution in [2.45, 2.75) is 6.92 Å². The molecule has 1 aromatic carbocycles. The predicted octanol–water partition coefficient (Wildman–Crippen LogP) is 2.29. The third-order valence-corrected chi connectivity index (χ3v) is 2.67. The van der Waals surface area contributed by atoms with Crippen LogP contribution in [0.25, 0.3) is 22.4 Å². The van der Waals surface area contributed by atoms with Gasteiger partial charge in [0.15, 0.2) is 17.2 Å². The number of hydrogen-bond donors (Lipinski definition) is 1. The fraction of sp³-hybridized carbons (Fsp3) is 0.0769. The van der Waals surface area contributed by atoms with E-state index >= 15 is 0 Å². The van der Waals surface area contributed by atoms with E-state index in [-0.39, 0.29) is 5.69 Å². The molecule has 1 N–H and O–H groups in total. The molecule has 2 heterocycles. The van der Waals surface area contributed by atoms with Crippen molar-refractivity contribution in [1.29, 1.82) is 0 Å². The molecule has 0 radical (unpaired) electrons. The second kappa shape index (κ2) is 4.16. The fourth-order valence-corrected chi connectivity index (χ4v) is 1.80. The van der Waals surface area contributed by atoms with E-state index in [1.54, 1.807) is 19.1 Å². The highest BCUT2D eigenvalue weighted by molar-refractivity contribution is 5.85. The normalized spacial score (nSPS) is 10.8. The van der Waals surface area contributed by atoms with Crippen LogP contribution in [0.3, 0.4) is 0 Å². The molecule has 3 rings (SSSR count). The van der Waals surface area contributed by atoms with E-state index in [9.17, 15) is 4.79 Å². The first-order valence-electron chi connectivity index (χ1n) is 5.58. The molecule has 0 saturated carbocycles. The Bertz CT molecular complexity index is 762. The van der Waals surface area contributed by atoms with Crippen molar-refractivity contribution >= 4 is 17.1 Å². The molecule has 0 aliphatic carbocycles. The summed E-state index contributed by atoms with van der Waals surface area (Å²) < 4.78 is 5.44. The van der Waals surface area contributed by atoms with Gasteiger partial charge in [-0.05, 0) is 24.3 Å². The first-order valence-corrected chi connectivity index (χ1v) is 5.58. The topological polar surface area (TPSA) is 89.1 Å². The number of aromatic carboxylic acids is 1. The molecular formula is C13H9N3O3. The minimum atomic E-state index is -1.10. The maximum Gasteiger partial charge on any atom is 0.356 e. The predicted molar refractivity (Wildman–Crippen MR) is 66.7 cm³/mol. The van der Waals surface area contributed by atoms with Crippen LogP contribution in [0.4, 0.5) is 0 Å². The quantitative estimate of drug-likeness (QED) is 0.755. The lowest BCUT2D eigenvalue weighted by atomic mass is 10.1. The molecule has 0 amide bonds. The zero-order valence-corrected chi connectivity index (χ0v) is 9.99. The van der Waals surface area contributed by atoms with Crippen LogP contribution in [0.15, 0.2) is 34.7 Å². The molecule has 0 fully saturated rings. The van der Waals surface area contributed by atoms with Crippen molar-refractivity contribution in [3.8, 4) is 11.3 Å². The van der Waals surface area contributed by atoms with Gasteiger partial charge in [-0.3, -0.25) is 0 Å². The molecule has 19 heavy (non-hydrogen) atoms. The first-order chi connectivity index (χ1) is 9.13. The molecular weight excluding hydrogens is 246 g/mol. The van der Waals surface area contributed by atoms with Gasteiger partial charge in [0.2, 0.25) is 0 Å². The number of hydrogen-bond acceptors (Lipinski definition) is 5. The molecule has 0 aliphatic rings. The van der Waals surface area contributed by atoms with E-state index in [1.807, 2.05) is 12.1 Å². The molecule has 0 bridgehead atoms. The van der Waals surface area contributed by atoms with Crippen LogP contribution in [-0.4, -0.2) is 26.3 Å². The molecule has 6 heteroatoms. The van der Waals surface area contributed by atoms with E-state index in [0.29, 0.717) is 17.2 Å². The summed E-state index contributed by atoms with van der Waals surface area (Å²) in [7, 11) is 0. The van der Waals surface area contributed by atoms with Gasteiger partial charge in [-0.2, -0.15) is 0 Å². The van der Waals surface area contributed by atoms with Crippen molar-refractivity contribution in [1.82, 2.24) is 15.2 Å². The third kappa shape index (κ3) is 2.03. The van der Waals surface area contributed by atoms with Crippen molar-refractivity contribution in [2.75, 3.05) is 0 Å². The van der Waals surface area contributed by atoms with Gasteiger partial charge in [-0.1, -0.05) is 6.07 Å². The summed E-state index contributed by atoms with van der Waals surface area (Å²) in [4.78, 5) is 14.9. The smallest absolute Gasteiger partial charge is 0.356 e. The van der Waals surface area contributed by atoms with Gasteiger partial charge < -0.3 is 9.52 Å². The van der Waals surface area contributed by atoms with Crippen LogP contribution >= 0.6 is 0 Å². The van der Waals surface area contributed by atoms with E-state index in [4.69, 9.17) is 9.52 Å². The Labute approximate surface area is 107 Å². The van der Waals surface area contributed by atoms with E-state index in [1.165, 1.54) is 6.07 Å². The minimum absolute atomic E-state index is 0.0830. The van der Waals surface area contributed by atoms with Crippen LogP contribution < -0.4 is 0 Å². The Kier molecular flexibility index (Phi) is 2.49. The Hall–Kier alpha value is -2.76. The van der Waals surface area contributed by atoms with Gasteiger partial charge in [-0.25, -0.2) is 9.78 Å². The van der Waals surface area contributed by atoms with E-state index in [0.717, 1.165) is 11.1 Å². The van der Waals surface area contributed by atoms with Gasteiger partial charge in [-0.15, -0.1) is 10.2 Å². The summed E-state index contributed by atoms with van der Waals surface area (Å²) in [5, 5.41) is 16.3. The van der Waals surface area contributed by atoms with Crippen LogP contribution in [0, 0.1) is 6.92 Å². The molecule has 94 valence electrons. The van der Waals surface area contributed by atoms with Crippen molar-refractivity contribution in [2.24, 2.45) is 0 Å². The summed E-state index contributed by atoms with van der Waals surface area (Å²) >= 11 is 0. The molecule has 0 spiro atoms. The maximum absolute atomic E-state index is 10.7. The Morgan fingerprint density at radius 1 is 1.21 bits per heavy atom. The van der Waals surface area contributed by atoms with E-state index < -0.39 is 5.97 Å². The molecule has 0 saturated heterocycles. The Morgan fingerprint density at radius 3 is 2.74 bits per heavy atom. The number of carboxylic acid groups (broad SMARTS) is 1. The average molecular weight is 255 g/mol. The van der Waals surface area contributed by atoms with Crippen molar-refractivity contribution < 1.29 is 14.3 Å². The van der Waals surface area contributed by atoms with Crippen LogP contribution in [0.1, 0.15) is 16.4 Å². The Morgan fingerprint density at radius 2 is 2.05 bits per heavy atom. The molecule has 0 atom stereocenters. The van der Waals surface area contributed by atoms with Gasteiger partial charge in [0.25, 0.3) is 0 Å². The molecule has 3 aromatic rings. The largest absolute Gasteiger partial charge is 0.476 e. The Balaban J connectivity index is 2.05. The van der Waals surface area contributed by atoms with Gasteiger partial charge in [0, 0.05) is 12.5 Å². The molecule has 0 aliphatic heterocycles. The fourth-order valence-electron chi connectivity index (χ4n) is 1.80. The number of fused-ring (bicyclic) bond motifs is 1. The standard InChI is InChI=1S/C13H9N3O3/c1-7-14-10-3-2-8(6-12(10)19-7)9-4-5-11(13(17)18)16-15-9/h2-6H,1H3,(H,17,18). The van der Waals surface area contributed by atoms with Gasteiger partial charge >= 0.3 is 5.97 Å². The van der Waals surface area contributed by atoms with Crippen LogP contribution in [-0.2, 0) is 0 Å². The average Bonchev–Trinajstić information content (AvgIpc) is 2.77. The van der Waals surface area contributed by atoms with Crippen LogP contribution in [0.5, 0.6) is 0 Å². The second-order valence-electron chi connectivity index (χ2n) is 4.02.